The predicted molar refractivity (Wildman–Crippen MR) is 74.1 cm³/mol. The van der Waals surface area contributed by atoms with Crippen LogP contribution in [-0.4, -0.2) is 33.0 Å². The zero-order valence-corrected chi connectivity index (χ0v) is 12.4. The lowest BCUT2D eigenvalue weighted by Gasteiger charge is -2.15. The van der Waals surface area contributed by atoms with E-state index in [0.29, 0.717) is 19.8 Å². The Balaban J connectivity index is 2.22. The van der Waals surface area contributed by atoms with E-state index in [9.17, 15) is 0 Å². The fourth-order valence-electron chi connectivity index (χ4n) is 1.41. The van der Waals surface area contributed by atoms with Crippen molar-refractivity contribution in [3.05, 3.63) is 20.8 Å². The molecule has 0 aliphatic heterocycles. The van der Waals surface area contributed by atoms with E-state index in [1.54, 1.807) is 18.4 Å². The minimum atomic E-state index is 0.243. The number of thiophene rings is 1. The van der Waals surface area contributed by atoms with Gasteiger partial charge in [0.1, 0.15) is 0 Å². The standard InChI is InChI=1S/C11H19BrN2O2S/c1-15-5-6-16-4-2-9(14-13)8-11-10(12)3-7-17-11/h3,7,9,14H,2,4-6,8,13H2,1H3. The summed E-state index contributed by atoms with van der Waals surface area (Å²) in [5.74, 6) is 5.54. The monoisotopic (exact) mass is 322 g/mol. The maximum absolute atomic E-state index is 5.54. The van der Waals surface area contributed by atoms with E-state index in [2.05, 4.69) is 32.8 Å². The van der Waals surface area contributed by atoms with Gasteiger partial charge in [-0.1, -0.05) is 0 Å². The Morgan fingerprint density at radius 2 is 2.29 bits per heavy atom. The summed E-state index contributed by atoms with van der Waals surface area (Å²) in [5.41, 5.74) is 2.83. The first-order valence-electron chi connectivity index (χ1n) is 5.52. The molecule has 0 bridgehead atoms. The maximum atomic E-state index is 5.54. The Hall–Kier alpha value is 0.0200. The van der Waals surface area contributed by atoms with Crippen LogP contribution in [0, 0.1) is 0 Å². The van der Waals surface area contributed by atoms with Gasteiger partial charge in [-0.15, -0.1) is 11.3 Å². The van der Waals surface area contributed by atoms with Crippen LogP contribution in [0.1, 0.15) is 11.3 Å². The molecule has 1 unspecified atom stereocenters. The molecular weight excluding hydrogens is 304 g/mol. The summed E-state index contributed by atoms with van der Waals surface area (Å²) < 4.78 is 11.5. The first-order chi connectivity index (χ1) is 8.27. The second-order valence-electron chi connectivity index (χ2n) is 3.65. The molecule has 0 radical (unpaired) electrons. The van der Waals surface area contributed by atoms with Crippen molar-refractivity contribution >= 4 is 27.3 Å². The number of nitrogens with one attached hydrogen (secondary N) is 1. The van der Waals surface area contributed by atoms with E-state index < -0.39 is 0 Å². The summed E-state index contributed by atoms with van der Waals surface area (Å²) in [7, 11) is 1.67. The van der Waals surface area contributed by atoms with E-state index in [1.807, 2.05) is 0 Å². The lowest BCUT2D eigenvalue weighted by molar-refractivity contribution is 0.0658. The zero-order valence-electron chi connectivity index (χ0n) is 9.95. The molecule has 0 fully saturated rings. The van der Waals surface area contributed by atoms with Gasteiger partial charge in [-0.3, -0.25) is 11.3 Å². The van der Waals surface area contributed by atoms with Crippen LogP contribution in [0.15, 0.2) is 15.9 Å². The van der Waals surface area contributed by atoms with E-state index in [4.69, 9.17) is 15.3 Å². The number of nitrogens with two attached hydrogens (primary N) is 1. The molecule has 1 aromatic heterocycles. The van der Waals surface area contributed by atoms with E-state index in [0.717, 1.165) is 17.3 Å². The van der Waals surface area contributed by atoms with Crippen LogP contribution in [0.2, 0.25) is 0 Å². The number of halogens is 1. The van der Waals surface area contributed by atoms with Gasteiger partial charge in [0.05, 0.1) is 13.2 Å². The third kappa shape index (κ3) is 5.94. The summed E-state index contributed by atoms with van der Waals surface area (Å²) in [4.78, 5) is 1.31. The summed E-state index contributed by atoms with van der Waals surface area (Å²) in [6.07, 6.45) is 1.81. The Morgan fingerprint density at radius 1 is 1.47 bits per heavy atom. The van der Waals surface area contributed by atoms with Crippen molar-refractivity contribution in [2.45, 2.75) is 18.9 Å². The largest absolute Gasteiger partial charge is 0.382 e. The fraction of sp³-hybridized carbons (Fsp3) is 0.636. The smallest absolute Gasteiger partial charge is 0.0700 e. The van der Waals surface area contributed by atoms with Crippen LogP contribution in [0.25, 0.3) is 0 Å². The van der Waals surface area contributed by atoms with Crippen molar-refractivity contribution in [2.24, 2.45) is 5.84 Å². The molecule has 0 aliphatic carbocycles. The third-order valence-corrected chi connectivity index (χ3v) is 4.35. The first kappa shape index (κ1) is 15.1. The second kappa shape index (κ2) is 9.02. The molecule has 0 saturated carbocycles. The van der Waals surface area contributed by atoms with Crippen LogP contribution in [0.4, 0.5) is 0 Å². The fourth-order valence-corrected chi connectivity index (χ4v) is 3.00. The number of hydrogen-bond donors (Lipinski definition) is 2. The highest BCUT2D eigenvalue weighted by molar-refractivity contribution is 9.10. The number of rotatable bonds is 9. The number of methoxy groups -OCH3 is 1. The SMILES string of the molecule is COCCOCCC(Cc1sccc1Br)NN. The van der Waals surface area contributed by atoms with Gasteiger partial charge >= 0.3 is 0 Å². The van der Waals surface area contributed by atoms with E-state index >= 15 is 0 Å². The van der Waals surface area contributed by atoms with Crippen molar-refractivity contribution < 1.29 is 9.47 Å². The third-order valence-electron chi connectivity index (χ3n) is 2.40. The highest BCUT2D eigenvalue weighted by atomic mass is 79.9. The molecule has 1 atom stereocenters. The van der Waals surface area contributed by atoms with Crippen molar-refractivity contribution in [1.82, 2.24) is 5.43 Å². The molecule has 1 heterocycles. The Morgan fingerprint density at radius 3 is 2.88 bits per heavy atom. The number of hydrazine groups is 1. The van der Waals surface area contributed by atoms with Crippen molar-refractivity contribution in [3.8, 4) is 0 Å². The van der Waals surface area contributed by atoms with Crippen molar-refractivity contribution in [3.63, 3.8) is 0 Å². The summed E-state index contributed by atoms with van der Waals surface area (Å²) in [6, 6.07) is 2.30. The number of ether oxygens (including phenoxy) is 2. The van der Waals surface area contributed by atoms with Gasteiger partial charge in [0, 0.05) is 29.1 Å². The molecule has 1 aromatic rings. The van der Waals surface area contributed by atoms with Crippen molar-refractivity contribution in [1.29, 1.82) is 0 Å². The van der Waals surface area contributed by atoms with Crippen LogP contribution in [-0.2, 0) is 15.9 Å². The average molecular weight is 323 g/mol. The second-order valence-corrected chi connectivity index (χ2v) is 5.51. The van der Waals surface area contributed by atoms with E-state index in [1.165, 1.54) is 4.88 Å². The molecule has 3 N–H and O–H groups in total. The molecule has 1 rings (SSSR count). The van der Waals surface area contributed by atoms with Crippen LogP contribution in [0.3, 0.4) is 0 Å². The molecule has 0 aliphatic rings. The minimum Gasteiger partial charge on any atom is -0.382 e. The van der Waals surface area contributed by atoms with Crippen molar-refractivity contribution in [2.75, 3.05) is 26.9 Å². The highest BCUT2D eigenvalue weighted by Crippen LogP contribution is 2.24. The van der Waals surface area contributed by atoms with Gasteiger partial charge in [0.2, 0.25) is 0 Å². The average Bonchev–Trinajstić information content (AvgIpc) is 2.73. The molecule has 0 saturated heterocycles. The highest BCUT2D eigenvalue weighted by Gasteiger charge is 2.10. The molecule has 0 amide bonds. The molecule has 98 valence electrons. The summed E-state index contributed by atoms with van der Waals surface area (Å²) >= 11 is 5.26. The Labute approximate surface area is 115 Å². The number of hydrogen-bond acceptors (Lipinski definition) is 5. The lowest BCUT2D eigenvalue weighted by Crippen LogP contribution is -2.37. The molecule has 0 aromatic carbocycles. The Bertz CT molecular complexity index is 309. The van der Waals surface area contributed by atoms with Gasteiger partial charge < -0.3 is 9.47 Å². The summed E-state index contributed by atoms with van der Waals surface area (Å²) in [5, 5.41) is 2.07. The quantitative estimate of drug-likeness (QED) is 0.414. The topological polar surface area (TPSA) is 56.5 Å². The van der Waals surface area contributed by atoms with Gasteiger partial charge in [-0.05, 0) is 40.2 Å². The molecule has 4 nitrogen and oxygen atoms in total. The summed E-state index contributed by atoms with van der Waals surface area (Å²) in [6.45, 7) is 1.97. The molecular formula is C11H19BrN2O2S. The molecule has 0 spiro atoms. The van der Waals surface area contributed by atoms with Crippen LogP contribution >= 0.6 is 27.3 Å². The maximum Gasteiger partial charge on any atom is 0.0700 e. The van der Waals surface area contributed by atoms with Gasteiger partial charge in [0.15, 0.2) is 0 Å². The zero-order chi connectivity index (χ0) is 12.5. The van der Waals surface area contributed by atoms with Crippen LogP contribution < -0.4 is 11.3 Å². The molecule has 17 heavy (non-hydrogen) atoms. The normalized spacial score (nSPS) is 12.9. The predicted octanol–water partition coefficient (Wildman–Crippen LogP) is 1.94. The van der Waals surface area contributed by atoms with Gasteiger partial charge in [-0.25, -0.2) is 0 Å². The van der Waals surface area contributed by atoms with Crippen LogP contribution in [0.5, 0.6) is 0 Å². The van der Waals surface area contributed by atoms with Gasteiger partial charge in [0.25, 0.3) is 0 Å². The Kier molecular flexibility index (Phi) is 8.00. The van der Waals surface area contributed by atoms with Gasteiger partial charge in [-0.2, -0.15) is 0 Å². The molecule has 6 heteroatoms. The lowest BCUT2D eigenvalue weighted by atomic mass is 10.1. The first-order valence-corrected chi connectivity index (χ1v) is 7.20. The minimum absolute atomic E-state index is 0.243. The van der Waals surface area contributed by atoms with E-state index in [-0.39, 0.29) is 6.04 Å².